The van der Waals surface area contributed by atoms with Crippen LogP contribution in [0, 0.1) is 6.92 Å². The van der Waals surface area contributed by atoms with Crippen molar-refractivity contribution in [2.24, 2.45) is 0 Å². The van der Waals surface area contributed by atoms with Gasteiger partial charge in [0.15, 0.2) is 0 Å². The Morgan fingerprint density at radius 2 is 2.04 bits per heavy atom. The predicted molar refractivity (Wildman–Crippen MR) is 92.7 cm³/mol. The summed E-state index contributed by atoms with van der Waals surface area (Å²) in [4.78, 5) is 19.2. The zero-order valence-electron chi connectivity index (χ0n) is 13.6. The normalized spacial score (nSPS) is 15.9. The highest BCUT2D eigenvalue weighted by Crippen LogP contribution is 2.19. The molecule has 1 aromatic heterocycles. The zero-order valence-corrected chi connectivity index (χ0v) is 14.4. The lowest BCUT2D eigenvalue weighted by Crippen LogP contribution is -2.49. The van der Waals surface area contributed by atoms with E-state index in [0.29, 0.717) is 13.1 Å². The van der Waals surface area contributed by atoms with Crippen LogP contribution in [-0.4, -0.2) is 42.5 Å². The summed E-state index contributed by atoms with van der Waals surface area (Å²) >= 11 is 1.81. The Kier molecular flexibility index (Phi) is 4.98. The number of carbonyl (C=O) groups is 1. The molecule has 1 aliphatic heterocycles. The Morgan fingerprint density at radius 1 is 1.17 bits per heavy atom. The minimum Gasteiger partial charge on any atom is -0.497 e. The molecule has 4 nitrogen and oxygen atoms in total. The highest BCUT2D eigenvalue weighted by molar-refractivity contribution is 7.11. The second kappa shape index (κ2) is 7.15. The third-order valence-electron chi connectivity index (χ3n) is 4.08. The van der Waals surface area contributed by atoms with Crippen LogP contribution in [-0.2, 0) is 17.9 Å². The first kappa shape index (κ1) is 16.0. The number of thiophene rings is 1. The summed E-state index contributed by atoms with van der Waals surface area (Å²) in [6.45, 7) is 5.85. The smallest absolute Gasteiger partial charge is 0.237 e. The van der Waals surface area contributed by atoms with Crippen LogP contribution < -0.4 is 4.74 Å². The number of hydrogen-bond donors (Lipinski definition) is 0. The number of benzene rings is 1. The van der Waals surface area contributed by atoms with Crippen LogP contribution >= 0.6 is 11.3 Å². The number of carbonyl (C=O) groups excluding carboxylic acids is 1. The monoisotopic (exact) mass is 330 g/mol. The van der Waals surface area contributed by atoms with Crippen molar-refractivity contribution >= 4 is 17.2 Å². The van der Waals surface area contributed by atoms with E-state index in [2.05, 4.69) is 24.0 Å². The fraction of sp³-hybridized carbons (Fsp3) is 0.389. The van der Waals surface area contributed by atoms with E-state index in [0.717, 1.165) is 30.9 Å². The molecule has 0 bridgehead atoms. The first-order valence-corrected chi connectivity index (χ1v) is 8.64. The van der Waals surface area contributed by atoms with Gasteiger partial charge in [-0.25, -0.2) is 0 Å². The Morgan fingerprint density at radius 3 is 2.74 bits per heavy atom. The molecule has 1 amide bonds. The summed E-state index contributed by atoms with van der Waals surface area (Å²) in [5.41, 5.74) is 1.11. The van der Waals surface area contributed by atoms with Gasteiger partial charge in [0.2, 0.25) is 5.91 Å². The molecule has 2 aromatic rings. The third kappa shape index (κ3) is 4.12. The van der Waals surface area contributed by atoms with Crippen molar-refractivity contribution in [3.05, 3.63) is 51.7 Å². The van der Waals surface area contributed by atoms with Crippen LogP contribution in [0.1, 0.15) is 15.3 Å². The summed E-state index contributed by atoms with van der Waals surface area (Å²) in [7, 11) is 1.66. The quantitative estimate of drug-likeness (QED) is 0.845. The molecule has 1 aromatic carbocycles. The van der Waals surface area contributed by atoms with Crippen molar-refractivity contribution in [2.45, 2.75) is 20.0 Å². The Bertz CT molecular complexity index is 683. The molecule has 0 aliphatic carbocycles. The van der Waals surface area contributed by atoms with Crippen molar-refractivity contribution in [3.8, 4) is 5.75 Å². The van der Waals surface area contributed by atoms with E-state index in [9.17, 15) is 4.79 Å². The van der Waals surface area contributed by atoms with Gasteiger partial charge in [0.25, 0.3) is 0 Å². The SMILES string of the molecule is COc1cccc(CN2CCN(Cc3ccc(C)s3)CC2=O)c1. The van der Waals surface area contributed by atoms with Crippen LogP contribution in [0.15, 0.2) is 36.4 Å². The predicted octanol–water partition coefficient (Wildman–Crippen LogP) is 2.91. The van der Waals surface area contributed by atoms with Crippen molar-refractivity contribution in [3.63, 3.8) is 0 Å². The van der Waals surface area contributed by atoms with Gasteiger partial charge in [-0.1, -0.05) is 12.1 Å². The van der Waals surface area contributed by atoms with Gasteiger partial charge in [-0.3, -0.25) is 9.69 Å². The molecule has 1 fully saturated rings. The van der Waals surface area contributed by atoms with Gasteiger partial charge >= 0.3 is 0 Å². The van der Waals surface area contributed by atoms with Crippen molar-refractivity contribution in [1.29, 1.82) is 0 Å². The molecule has 0 spiro atoms. The standard InChI is InChI=1S/C18H22N2O2S/c1-14-6-7-17(23-14)12-19-8-9-20(18(21)13-19)11-15-4-3-5-16(10-15)22-2/h3-7,10H,8-9,11-13H2,1-2H3. The third-order valence-corrected chi connectivity index (χ3v) is 5.07. The number of ether oxygens (including phenoxy) is 1. The minimum absolute atomic E-state index is 0.201. The van der Waals surface area contributed by atoms with Gasteiger partial charge in [0, 0.05) is 35.9 Å². The summed E-state index contributed by atoms with van der Waals surface area (Å²) in [5.74, 6) is 1.04. The van der Waals surface area contributed by atoms with Gasteiger partial charge in [-0.15, -0.1) is 11.3 Å². The van der Waals surface area contributed by atoms with Gasteiger partial charge in [-0.2, -0.15) is 0 Å². The Hall–Kier alpha value is -1.85. The summed E-state index contributed by atoms with van der Waals surface area (Å²) < 4.78 is 5.25. The first-order chi connectivity index (χ1) is 11.1. The number of methoxy groups -OCH3 is 1. The van der Waals surface area contributed by atoms with Gasteiger partial charge < -0.3 is 9.64 Å². The largest absolute Gasteiger partial charge is 0.497 e. The fourth-order valence-electron chi connectivity index (χ4n) is 2.84. The number of nitrogens with zero attached hydrogens (tertiary/aromatic N) is 2. The molecule has 2 heterocycles. The fourth-order valence-corrected chi connectivity index (χ4v) is 3.77. The Labute approximate surface area is 141 Å². The van der Waals surface area contributed by atoms with E-state index in [1.807, 2.05) is 40.5 Å². The maximum atomic E-state index is 12.4. The molecule has 0 saturated carbocycles. The number of rotatable bonds is 5. The number of piperazine rings is 1. The molecule has 0 atom stereocenters. The van der Waals surface area contributed by atoms with E-state index >= 15 is 0 Å². The van der Waals surface area contributed by atoms with E-state index in [4.69, 9.17) is 4.74 Å². The average molecular weight is 330 g/mol. The highest BCUT2D eigenvalue weighted by atomic mass is 32.1. The first-order valence-electron chi connectivity index (χ1n) is 7.82. The molecule has 122 valence electrons. The lowest BCUT2D eigenvalue weighted by Gasteiger charge is -2.34. The highest BCUT2D eigenvalue weighted by Gasteiger charge is 2.24. The van der Waals surface area contributed by atoms with Crippen LogP contribution in [0.25, 0.3) is 0 Å². The van der Waals surface area contributed by atoms with Gasteiger partial charge in [-0.05, 0) is 36.8 Å². The second-order valence-corrected chi connectivity index (χ2v) is 7.26. The molecular formula is C18H22N2O2S. The van der Waals surface area contributed by atoms with Gasteiger partial charge in [0.1, 0.15) is 5.75 Å². The summed E-state index contributed by atoms with van der Waals surface area (Å²) in [6, 6.07) is 12.2. The Balaban J connectivity index is 1.57. The minimum atomic E-state index is 0.201. The average Bonchev–Trinajstić information content (AvgIpc) is 2.95. The molecule has 23 heavy (non-hydrogen) atoms. The van der Waals surface area contributed by atoms with Crippen molar-refractivity contribution in [1.82, 2.24) is 9.80 Å². The maximum Gasteiger partial charge on any atom is 0.237 e. The summed E-state index contributed by atoms with van der Waals surface area (Å²) in [5, 5.41) is 0. The molecule has 1 saturated heterocycles. The van der Waals surface area contributed by atoms with E-state index in [1.54, 1.807) is 7.11 Å². The number of hydrogen-bond acceptors (Lipinski definition) is 4. The number of aryl methyl sites for hydroxylation is 1. The molecule has 0 radical (unpaired) electrons. The van der Waals surface area contributed by atoms with Crippen molar-refractivity contribution < 1.29 is 9.53 Å². The van der Waals surface area contributed by atoms with E-state index in [-0.39, 0.29) is 5.91 Å². The molecule has 0 N–H and O–H groups in total. The van der Waals surface area contributed by atoms with E-state index in [1.165, 1.54) is 9.75 Å². The zero-order chi connectivity index (χ0) is 16.2. The van der Waals surface area contributed by atoms with Crippen LogP contribution in [0.5, 0.6) is 5.75 Å². The lowest BCUT2D eigenvalue weighted by atomic mass is 10.2. The van der Waals surface area contributed by atoms with Crippen LogP contribution in [0.2, 0.25) is 0 Å². The lowest BCUT2D eigenvalue weighted by molar-refractivity contribution is -0.136. The molecule has 1 aliphatic rings. The molecule has 3 rings (SSSR count). The second-order valence-electron chi connectivity index (χ2n) is 5.89. The maximum absolute atomic E-state index is 12.4. The van der Waals surface area contributed by atoms with Gasteiger partial charge in [0.05, 0.1) is 13.7 Å². The topological polar surface area (TPSA) is 32.8 Å². The van der Waals surface area contributed by atoms with Crippen LogP contribution in [0.3, 0.4) is 0 Å². The van der Waals surface area contributed by atoms with Crippen LogP contribution in [0.4, 0.5) is 0 Å². The molecule has 0 unspecified atom stereocenters. The van der Waals surface area contributed by atoms with Crippen molar-refractivity contribution in [2.75, 3.05) is 26.7 Å². The number of amides is 1. The summed E-state index contributed by atoms with van der Waals surface area (Å²) in [6.07, 6.45) is 0. The molecular weight excluding hydrogens is 308 g/mol. The molecule has 5 heteroatoms. The van der Waals surface area contributed by atoms with E-state index < -0.39 is 0 Å².